The average molecular weight is 520 g/mol. The van der Waals surface area contributed by atoms with Gasteiger partial charge in [0.15, 0.2) is 0 Å². The molecule has 1 amide bonds. The molecule has 0 aromatic heterocycles. The van der Waals surface area contributed by atoms with E-state index in [1.165, 1.54) is 0 Å². The number of hydrogen-bond donors (Lipinski definition) is 4. The third-order valence-electron chi connectivity index (χ3n) is 7.94. The highest BCUT2D eigenvalue weighted by Gasteiger charge is 2.64. The van der Waals surface area contributed by atoms with Gasteiger partial charge in [-0.15, -0.1) is 0 Å². The first-order chi connectivity index (χ1) is 19.0. The van der Waals surface area contributed by atoms with Crippen LogP contribution in [0.15, 0.2) is 115 Å². The zero-order chi connectivity index (χ0) is 27.0. The van der Waals surface area contributed by atoms with Crippen LogP contribution in [0.25, 0.3) is 0 Å². The number of amides is 1. The average Bonchev–Trinajstić information content (AvgIpc) is 3.43. The van der Waals surface area contributed by atoms with Gasteiger partial charge < -0.3 is 20.8 Å². The van der Waals surface area contributed by atoms with Crippen molar-refractivity contribution in [1.82, 2.24) is 10.2 Å². The van der Waals surface area contributed by atoms with E-state index < -0.39 is 41.8 Å². The molecule has 2 heterocycles. The van der Waals surface area contributed by atoms with Crippen LogP contribution in [0.1, 0.15) is 28.7 Å². The SMILES string of the molecule is O=C(O)CNC(=O)C1CC2(O)c3ccccc3NC2N1C(c1ccccc1)(c1ccccc1)c1ccccc1. The maximum atomic E-state index is 13.8. The molecule has 3 atom stereocenters. The summed E-state index contributed by atoms with van der Waals surface area (Å²) in [5, 5.41) is 27.8. The van der Waals surface area contributed by atoms with E-state index in [-0.39, 0.29) is 6.42 Å². The lowest BCUT2D eigenvalue weighted by Crippen LogP contribution is -2.60. The number of carboxylic acids is 1. The van der Waals surface area contributed by atoms with E-state index in [1.54, 1.807) is 0 Å². The van der Waals surface area contributed by atoms with Crippen LogP contribution in [0.2, 0.25) is 0 Å². The second kappa shape index (κ2) is 9.69. The molecule has 0 bridgehead atoms. The number of para-hydroxylation sites is 1. The second-order valence-electron chi connectivity index (χ2n) is 10.1. The molecule has 6 rings (SSSR count). The van der Waals surface area contributed by atoms with Gasteiger partial charge in [0.25, 0.3) is 0 Å². The summed E-state index contributed by atoms with van der Waals surface area (Å²) in [6, 6.07) is 36.6. The van der Waals surface area contributed by atoms with Crippen LogP contribution in [0, 0.1) is 0 Å². The van der Waals surface area contributed by atoms with Gasteiger partial charge in [-0.1, -0.05) is 109 Å². The molecule has 2 aliphatic rings. The molecule has 0 radical (unpaired) electrons. The largest absolute Gasteiger partial charge is 0.480 e. The highest BCUT2D eigenvalue weighted by atomic mass is 16.4. The normalized spacial score (nSPS) is 22.0. The smallest absolute Gasteiger partial charge is 0.322 e. The Bertz CT molecular complexity index is 1400. The van der Waals surface area contributed by atoms with Gasteiger partial charge in [0, 0.05) is 17.7 Å². The number of fused-ring (bicyclic) bond motifs is 3. The zero-order valence-corrected chi connectivity index (χ0v) is 21.2. The van der Waals surface area contributed by atoms with Crippen LogP contribution in [-0.4, -0.2) is 45.7 Å². The lowest BCUT2D eigenvalue weighted by Gasteiger charge is -2.48. The number of aliphatic carboxylic acids is 1. The van der Waals surface area contributed by atoms with Gasteiger partial charge in [0.1, 0.15) is 18.3 Å². The summed E-state index contributed by atoms with van der Waals surface area (Å²) in [5.74, 6) is -1.58. The molecule has 7 heteroatoms. The fraction of sp³-hybridized carbons (Fsp3) is 0.188. The summed E-state index contributed by atoms with van der Waals surface area (Å²) >= 11 is 0. The summed E-state index contributed by atoms with van der Waals surface area (Å²) in [7, 11) is 0. The maximum Gasteiger partial charge on any atom is 0.322 e. The standard InChI is InChI=1S/C32H29N3O4/c36-28(37)21-33-29(38)27-20-31(39)25-18-10-11-19-26(25)34-30(31)35(27)32(22-12-4-1-5-13-22,23-14-6-2-7-15-23)24-16-8-3-9-17-24/h1-19,27,30,34,39H,20-21H2,(H,33,38)(H,36,37). The Morgan fingerprint density at radius 2 is 1.31 bits per heavy atom. The van der Waals surface area contributed by atoms with Gasteiger partial charge in [-0.05, 0) is 22.8 Å². The molecule has 4 aromatic rings. The Labute approximate surface area is 226 Å². The van der Waals surface area contributed by atoms with Gasteiger partial charge in [0.2, 0.25) is 5.91 Å². The lowest BCUT2D eigenvalue weighted by atomic mass is 9.74. The summed E-state index contributed by atoms with van der Waals surface area (Å²) in [4.78, 5) is 27.3. The van der Waals surface area contributed by atoms with Crippen molar-refractivity contribution in [2.45, 2.75) is 29.8 Å². The highest BCUT2D eigenvalue weighted by molar-refractivity contribution is 5.87. The molecule has 39 heavy (non-hydrogen) atoms. The number of benzene rings is 4. The molecular formula is C32H29N3O4. The second-order valence-corrected chi connectivity index (χ2v) is 10.1. The van der Waals surface area contributed by atoms with Crippen molar-refractivity contribution in [3.8, 4) is 0 Å². The van der Waals surface area contributed by atoms with Crippen molar-refractivity contribution < 1.29 is 19.8 Å². The van der Waals surface area contributed by atoms with Crippen molar-refractivity contribution in [3.05, 3.63) is 138 Å². The van der Waals surface area contributed by atoms with Gasteiger partial charge in [-0.25, -0.2) is 0 Å². The molecule has 3 unspecified atom stereocenters. The Morgan fingerprint density at radius 1 is 0.821 bits per heavy atom. The lowest BCUT2D eigenvalue weighted by molar-refractivity contribution is -0.139. The van der Waals surface area contributed by atoms with Crippen molar-refractivity contribution in [1.29, 1.82) is 0 Å². The summed E-state index contributed by atoms with van der Waals surface area (Å²) in [5.41, 5.74) is 1.87. The van der Waals surface area contributed by atoms with E-state index in [0.717, 1.165) is 27.9 Å². The van der Waals surface area contributed by atoms with Gasteiger partial charge in [0.05, 0.1) is 11.6 Å². The third-order valence-corrected chi connectivity index (χ3v) is 7.94. The molecule has 2 aliphatic heterocycles. The number of hydrogen-bond acceptors (Lipinski definition) is 5. The van der Waals surface area contributed by atoms with Gasteiger partial charge in [-0.2, -0.15) is 0 Å². The number of aliphatic hydroxyl groups is 1. The fourth-order valence-corrected chi connectivity index (χ4v) is 6.41. The summed E-state index contributed by atoms with van der Waals surface area (Å²) in [6.45, 7) is -0.509. The van der Waals surface area contributed by atoms with E-state index >= 15 is 0 Å². The number of likely N-dealkylation sites (tertiary alicyclic amines) is 1. The number of nitrogens with one attached hydrogen (secondary N) is 2. The highest BCUT2D eigenvalue weighted by Crippen LogP contribution is 2.56. The maximum absolute atomic E-state index is 13.8. The van der Waals surface area contributed by atoms with Crippen molar-refractivity contribution in [2.24, 2.45) is 0 Å². The molecule has 0 saturated carbocycles. The number of carbonyl (C=O) groups excluding carboxylic acids is 1. The topological polar surface area (TPSA) is 102 Å². The number of anilines is 1. The summed E-state index contributed by atoms with van der Waals surface area (Å²) in [6.07, 6.45) is -0.599. The van der Waals surface area contributed by atoms with Crippen LogP contribution < -0.4 is 10.6 Å². The predicted molar refractivity (Wildman–Crippen MR) is 148 cm³/mol. The molecule has 196 valence electrons. The van der Waals surface area contributed by atoms with Crippen LogP contribution in [0.5, 0.6) is 0 Å². The molecule has 1 fully saturated rings. The molecular weight excluding hydrogens is 490 g/mol. The van der Waals surface area contributed by atoms with Crippen LogP contribution in [0.3, 0.4) is 0 Å². The van der Waals surface area contributed by atoms with Gasteiger partial charge >= 0.3 is 5.97 Å². The number of carbonyl (C=O) groups is 2. The van der Waals surface area contributed by atoms with Crippen LogP contribution in [0.4, 0.5) is 5.69 Å². The Hall–Kier alpha value is -4.46. The number of rotatable bonds is 7. The predicted octanol–water partition coefficient (Wildman–Crippen LogP) is 3.89. The van der Waals surface area contributed by atoms with E-state index in [1.807, 2.05) is 120 Å². The van der Waals surface area contributed by atoms with E-state index in [2.05, 4.69) is 10.6 Å². The monoisotopic (exact) mass is 519 g/mol. The van der Waals surface area contributed by atoms with Crippen LogP contribution >= 0.6 is 0 Å². The number of carboxylic acid groups (broad SMARTS) is 1. The third kappa shape index (κ3) is 3.90. The summed E-state index contributed by atoms with van der Waals surface area (Å²) < 4.78 is 0. The molecule has 0 spiro atoms. The molecule has 4 aromatic carbocycles. The molecule has 0 aliphatic carbocycles. The first-order valence-corrected chi connectivity index (χ1v) is 13.0. The minimum absolute atomic E-state index is 0.0847. The minimum atomic E-state index is -1.40. The molecule has 4 N–H and O–H groups in total. The first kappa shape index (κ1) is 24.9. The number of nitrogens with zero attached hydrogens (tertiary/aromatic N) is 1. The van der Waals surface area contributed by atoms with E-state index in [4.69, 9.17) is 0 Å². The molecule has 1 saturated heterocycles. The zero-order valence-electron chi connectivity index (χ0n) is 21.2. The quantitative estimate of drug-likeness (QED) is 0.277. The molecule has 7 nitrogen and oxygen atoms in total. The fourth-order valence-electron chi connectivity index (χ4n) is 6.41. The van der Waals surface area contributed by atoms with Crippen molar-refractivity contribution >= 4 is 17.6 Å². The first-order valence-electron chi connectivity index (χ1n) is 13.0. The Morgan fingerprint density at radius 3 is 1.82 bits per heavy atom. The van der Waals surface area contributed by atoms with Gasteiger partial charge in [-0.3, -0.25) is 14.5 Å². The van der Waals surface area contributed by atoms with E-state index in [9.17, 15) is 19.8 Å². The van der Waals surface area contributed by atoms with Crippen molar-refractivity contribution in [2.75, 3.05) is 11.9 Å². The minimum Gasteiger partial charge on any atom is -0.480 e. The Balaban J connectivity index is 1.65. The van der Waals surface area contributed by atoms with Crippen molar-refractivity contribution in [3.63, 3.8) is 0 Å². The Kier molecular flexibility index (Phi) is 6.17. The van der Waals surface area contributed by atoms with E-state index in [0.29, 0.717) is 0 Å². The van der Waals surface area contributed by atoms with Crippen LogP contribution in [-0.2, 0) is 20.7 Å².